The van der Waals surface area contributed by atoms with E-state index in [1.807, 2.05) is 82.3 Å². The molecule has 0 bridgehead atoms. The molecule has 0 aliphatic rings. The molecule has 1 N–H and O–H groups in total. The highest BCUT2D eigenvalue weighted by Crippen LogP contribution is 2.29. The van der Waals surface area contributed by atoms with E-state index in [-0.39, 0.29) is 30.8 Å². The van der Waals surface area contributed by atoms with Crippen molar-refractivity contribution in [1.29, 1.82) is 0 Å². The molecular weight excluding hydrogens is 559 g/mol. The minimum Gasteiger partial charge on any atom is -0.490 e. The largest absolute Gasteiger partial charge is 0.490 e. The number of aryl methyl sites for hydroxylation is 1. The quantitative estimate of drug-likeness (QED) is 0.199. The number of nitrogens with zero attached hydrogens (tertiary/aromatic N) is 1. The number of hydrogen-bond donors (Lipinski definition) is 1. The third-order valence-corrected chi connectivity index (χ3v) is 7.58. The zero-order chi connectivity index (χ0) is 29.8. The van der Waals surface area contributed by atoms with Crippen LogP contribution in [0.3, 0.4) is 0 Å². The van der Waals surface area contributed by atoms with E-state index in [1.54, 1.807) is 17.0 Å². The van der Waals surface area contributed by atoms with Crippen molar-refractivity contribution in [3.05, 3.63) is 93.5 Å². The summed E-state index contributed by atoms with van der Waals surface area (Å²) in [5.41, 5.74) is 2.71. The molecule has 2 amide bonds. The summed E-state index contributed by atoms with van der Waals surface area (Å²) in [5, 5.41) is 3.93. The Bertz CT molecular complexity index is 1290. The van der Waals surface area contributed by atoms with Gasteiger partial charge in [0, 0.05) is 25.4 Å². The number of amides is 2. The minimum absolute atomic E-state index is 0.0245. The molecule has 220 valence electrons. The summed E-state index contributed by atoms with van der Waals surface area (Å²) in [6, 6.07) is 20.0. The molecule has 6 nitrogen and oxygen atoms in total. The molecule has 3 aromatic rings. The van der Waals surface area contributed by atoms with Crippen molar-refractivity contribution in [3.63, 3.8) is 0 Å². The van der Waals surface area contributed by atoms with Gasteiger partial charge in [-0.1, -0.05) is 72.6 Å². The lowest BCUT2D eigenvalue weighted by molar-refractivity contribution is -0.141. The number of rotatable bonds is 15. The lowest BCUT2D eigenvalue weighted by atomic mass is 10.0. The van der Waals surface area contributed by atoms with Gasteiger partial charge in [-0.2, -0.15) is 0 Å². The van der Waals surface area contributed by atoms with Crippen LogP contribution in [0.4, 0.5) is 0 Å². The minimum atomic E-state index is -0.715. The second-order valence-corrected chi connectivity index (χ2v) is 10.8. The molecule has 3 aromatic carbocycles. The first-order valence-electron chi connectivity index (χ1n) is 14.2. The molecule has 2 atom stereocenters. The van der Waals surface area contributed by atoms with E-state index < -0.39 is 6.04 Å². The Labute approximate surface area is 253 Å². The van der Waals surface area contributed by atoms with Crippen LogP contribution in [0.5, 0.6) is 11.5 Å². The first kappa shape index (κ1) is 32.3. The summed E-state index contributed by atoms with van der Waals surface area (Å²) < 4.78 is 11.5. The average molecular weight is 600 g/mol. The molecule has 0 heterocycles. The standard InChI is InChI=1S/C33H40Cl2N2O4/c1-5-23(4)36-33(39)29(20-24-11-9-8-10-12-24)37(22-26-13-16-27(34)28(35)19-26)32(38)18-15-25-14-17-30(40-6-2)31(21-25)41-7-3/h8-14,16-17,19,21,23,29H,5-7,15,18,20,22H2,1-4H3,(H,36,39)/t23-,29+/m0/s1. The molecule has 0 radical (unpaired) electrons. The van der Waals surface area contributed by atoms with Crippen molar-refractivity contribution < 1.29 is 19.1 Å². The first-order chi connectivity index (χ1) is 19.7. The second-order valence-electron chi connectivity index (χ2n) is 9.94. The van der Waals surface area contributed by atoms with E-state index in [0.29, 0.717) is 47.6 Å². The molecular formula is C33H40Cl2N2O4. The number of halogens is 2. The Morgan fingerprint density at radius 2 is 1.51 bits per heavy atom. The van der Waals surface area contributed by atoms with Crippen LogP contribution in [-0.4, -0.2) is 42.0 Å². The van der Waals surface area contributed by atoms with Gasteiger partial charge in [0.15, 0.2) is 11.5 Å². The summed E-state index contributed by atoms with van der Waals surface area (Å²) in [4.78, 5) is 29.3. The molecule has 41 heavy (non-hydrogen) atoms. The fourth-order valence-corrected chi connectivity index (χ4v) is 4.80. The number of carbonyl (C=O) groups excluding carboxylic acids is 2. The summed E-state index contributed by atoms with van der Waals surface area (Å²) in [6.45, 7) is 9.08. The van der Waals surface area contributed by atoms with Gasteiger partial charge in [-0.25, -0.2) is 0 Å². The Morgan fingerprint density at radius 3 is 2.17 bits per heavy atom. The van der Waals surface area contributed by atoms with Gasteiger partial charge in [-0.05, 0) is 74.6 Å². The van der Waals surface area contributed by atoms with Crippen molar-refractivity contribution in [2.75, 3.05) is 13.2 Å². The van der Waals surface area contributed by atoms with Crippen LogP contribution in [0.2, 0.25) is 10.0 Å². The second kappa shape index (κ2) is 16.3. The van der Waals surface area contributed by atoms with Gasteiger partial charge in [-0.3, -0.25) is 9.59 Å². The average Bonchev–Trinajstić information content (AvgIpc) is 2.97. The zero-order valence-electron chi connectivity index (χ0n) is 24.3. The lowest BCUT2D eigenvalue weighted by Crippen LogP contribution is -2.52. The van der Waals surface area contributed by atoms with Crippen LogP contribution in [0.1, 0.15) is 57.2 Å². The SMILES string of the molecule is CCOc1ccc(CCC(=O)N(Cc2ccc(Cl)c(Cl)c2)[C@H](Cc2ccccc2)C(=O)N[C@@H](C)CC)cc1OCC. The smallest absolute Gasteiger partial charge is 0.243 e. The highest BCUT2D eigenvalue weighted by Gasteiger charge is 2.31. The fraction of sp³-hybridized carbons (Fsp3) is 0.394. The van der Waals surface area contributed by atoms with Gasteiger partial charge in [0.2, 0.25) is 11.8 Å². The van der Waals surface area contributed by atoms with Gasteiger partial charge in [0.25, 0.3) is 0 Å². The monoisotopic (exact) mass is 598 g/mol. The predicted octanol–water partition coefficient (Wildman–Crippen LogP) is 7.28. The molecule has 0 aromatic heterocycles. The molecule has 8 heteroatoms. The molecule has 0 spiro atoms. The number of carbonyl (C=O) groups is 2. The van der Waals surface area contributed by atoms with E-state index in [0.717, 1.165) is 23.1 Å². The van der Waals surface area contributed by atoms with Crippen LogP contribution in [0.15, 0.2) is 66.7 Å². The Morgan fingerprint density at radius 1 is 0.829 bits per heavy atom. The van der Waals surface area contributed by atoms with E-state index in [2.05, 4.69) is 5.32 Å². The zero-order valence-corrected chi connectivity index (χ0v) is 25.8. The Hall–Kier alpha value is -3.22. The number of hydrogen-bond acceptors (Lipinski definition) is 4. The van der Waals surface area contributed by atoms with E-state index in [4.69, 9.17) is 32.7 Å². The summed E-state index contributed by atoms with van der Waals surface area (Å²) in [6.07, 6.45) is 1.86. The fourth-order valence-electron chi connectivity index (χ4n) is 4.48. The van der Waals surface area contributed by atoms with Gasteiger partial charge in [0.05, 0.1) is 23.3 Å². The van der Waals surface area contributed by atoms with Crippen LogP contribution >= 0.6 is 23.2 Å². The molecule has 0 aliphatic carbocycles. The highest BCUT2D eigenvalue weighted by molar-refractivity contribution is 6.42. The normalized spacial score (nSPS) is 12.3. The lowest BCUT2D eigenvalue weighted by Gasteiger charge is -2.32. The molecule has 0 saturated heterocycles. The van der Waals surface area contributed by atoms with E-state index >= 15 is 0 Å². The van der Waals surface area contributed by atoms with Crippen LogP contribution in [0.25, 0.3) is 0 Å². The van der Waals surface area contributed by atoms with Gasteiger partial charge in [0.1, 0.15) is 6.04 Å². The maximum absolute atomic E-state index is 14.0. The molecule has 0 unspecified atom stereocenters. The first-order valence-corrected chi connectivity index (χ1v) is 15.0. The summed E-state index contributed by atoms with van der Waals surface area (Å²) in [7, 11) is 0. The van der Waals surface area contributed by atoms with Crippen LogP contribution in [-0.2, 0) is 29.0 Å². The van der Waals surface area contributed by atoms with Crippen molar-refractivity contribution in [1.82, 2.24) is 10.2 Å². The maximum atomic E-state index is 14.0. The molecule has 3 rings (SSSR count). The highest BCUT2D eigenvalue weighted by atomic mass is 35.5. The predicted molar refractivity (Wildman–Crippen MR) is 166 cm³/mol. The van der Waals surface area contributed by atoms with Gasteiger partial charge >= 0.3 is 0 Å². The molecule has 0 fully saturated rings. The van der Waals surface area contributed by atoms with Crippen molar-refractivity contribution in [2.45, 2.75) is 72.0 Å². The Balaban J connectivity index is 1.93. The summed E-state index contributed by atoms with van der Waals surface area (Å²) in [5.74, 6) is 1.01. The maximum Gasteiger partial charge on any atom is 0.243 e. The summed E-state index contributed by atoms with van der Waals surface area (Å²) >= 11 is 12.5. The third-order valence-electron chi connectivity index (χ3n) is 6.84. The number of benzene rings is 3. The molecule has 0 saturated carbocycles. The van der Waals surface area contributed by atoms with Gasteiger partial charge < -0.3 is 19.7 Å². The van der Waals surface area contributed by atoms with Crippen LogP contribution in [0, 0.1) is 0 Å². The third kappa shape index (κ3) is 9.68. The number of nitrogens with one attached hydrogen (secondary N) is 1. The van der Waals surface area contributed by atoms with E-state index in [1.165, 1.54) is 0 Å². The van der Waals surface area contributed by atoms with Crippen molar-refractivity contribution >= 4 is 35.0 Å². The molecule has 0 aliphatic heterocycles. The van der Waals surface area contributed by atoms with Crippen molar-refractivity contribution in [2.24, 2.45) is 0 Å². The van der Waals surface area contributed by atoms with E-state index in [9.17, 15) is 9.59 Å². The van der Waals surface area contributed by atoms with Crippen molar-refractivity contribution in [3.8, 4) is 11.5 Å². The number of ether oxygens (including phenoxy) is 2. The van der Waals surface area contributed by atoms with Gasteiger partial charge in [-0.15, -0.1) is 0 Å². The Kier molecular flexibility index (Phi) is 12.8. The van der Waals surface area contributed by atoms with Crippen LogP contribution < -0.4 is 14.8 Å². The topological polar surface area (TPSA) is 67.9 Å².